The first kappa shape index (κ1) is 36.3. The number of hydrogen-bond acceptors (Lipinski definition) is 18. The summed E-state index contributed by atoms with van der Waals surface area (Å²) in [6.45, 7) is 6.13. The normalized spacial score (nSPS) is 31.5. The van der Waals surface area contributed by atoms with Gasteiger partial charge in [0.2, 0.25) is 0 Å². The Hall–Kier alpha value is -3.87. The molecule has 44 heavy (non-hydrogen) atoms. The van der Waals surface area contributed by atoms with Crippen molar-refractivity contribution in [2.75, 3.05) is 13.2 Å². The Labute approximate surface area is 251 Å². The molecule has 0 amide bonds. The van der Waals surface area contributed by atoms with Gasteiger partial charge in [0.25, 0.3) is 0 Å². The quantitative estimate of drug-likeness (QED) is 0.203. The van der Waals surface area contributed by atoms with Crippen molar-refractivity contribution in [3.8, 4) is 0 Å². The molecule has 1 N–H and O–H groups in total. The second-order valence-electron chi connectivity index (χ2n) is 9.68. The molecule has 2 aliphatic rings. The monoisotopic (exact) mass is 636 g/mol. The highest BCUT2D eigenvalue weighted by Gasteiger charge is 2.57. The number of rotatable bonds is 11. The molecule has 18 nitrogen and oxygen atoms in total. The average Bonchev–Trinajstić information content (AvgIpc) is 2.87. The van der Waals surface area contributed by atoms with Gasteiger partial charge in [-0.2, -0.15) is 0 Å². The molecule has 2 heterocycles. The maximum absolute atomic E-state index is 12.2. The molecule has 0 radical (unpaired) electrons. The Morgan fingerprint density at radius 2 is 0.841 bits per heavy atom. The lowest BCUT2D eigenvalue weighted by Crippen LogP contribution is -2.67. The second kappa shape index (κ2) is 16.3. The Balaban J connectivity index is 2.66. The van der Waals surface area contributed by atoms with Gasteiger partial charge < -0.3 is 52.5 Å². The number of ether oxygens (including phenoxy) is 10. The van der Waals surface area contributed by atoms with Crippen LogP contribution in [0.2, 0.25) is 0 Å². The van der Waals surface area contributed by atoms with Crippen molar-refractivity contribution >= 4 is 41.8 Å². The van der Waals surface area contributed by atoms with Gasteiger partial charge in [0.1, 0.15) is 31.5 Å². The van der Waals surface area contributed by atoms with E-state index in [0.29, 0.717) is 0 Å². The van der Waals surface area contributed by atoms with Gasteiger partial charge in [-0.15, -0.1) is 0 Å². The molecule has 18 heteroatoms. The topological polar surface area (TPSA) is 232 Å². The molecule has 2 aliphatic heterocycles. The number of esters is 7. The smallest absolute Gasteiger partial charge is 0.303 e. The van der Waals surface area contributed by atoms with Crippen LogP contribution in [-0.2, 0) is 80.9 Å². The first-order chi connectivity index (χ1) is 20.5. The van der Waals surface area contributed by atoms with Crippen molar-refractivity contribution in [3.63, 3.8) is 0 Å². The molecule has 2 rings (SSSR count). The molecule has 0 unspecified atom stereocenters. The van der Waals surface area contributed by atoms with E-state index in [1.54, 1.807) is 0 Å². The predicted octanol–water partition coefficient (Wildman–Crippen LogP) is -1.40. The minimum absolute atomic E-state index is 0.560. The van der Waals surface area contributed by atoms with Crippen LogP contribution in [0.5, 0.6) is 0 Å². The van der Waals surface area contributed by atoms with Crippen LogP contribution in [0.15, 0.2) is 0 Å². The molecular weight excluding hydrogens is 600 g/mol. The minimum Gasteiger partial charge on any atom is -0.463 e. The van der Waals surface area contributed by atoms with Crippen molar-refractivity contribution in [2.24, 2.45) is 0 Å². The summed E-state index contributed by atoms with van der Waals surface area (Å²) in [5.74, 6) is -6.03. The zero-order valence-corrected chi connectivity index (χ0v) is 25.1. The van der Waals surface area contributed by atoms with E-state index in [4.69, 9.17) is 47.4 Å². The highest BCUT2D eigenvalue weighted by Crippen LogP contribution is 2.35. The Morgan fingerprint density at radius 1 is 0.477 bits per heavy atom. The highest BCUT2D eigenvalue weighted by atomic mass is 16.8. The summed E-state index contributed by atoms with van der Waals surface area (Å²) in [6.07, 6.45) is -16.4. The van der Waals surface area contributed by atoms with E-state index in [2.05, 4.69) is 0 Å². The Kier molecular flexibility index (Phi) is 13.4. The standard InChI is InChI=1S/C26H36O18/c1-10(27)35-8-17-19(37-12(3)29)21(23(25(34)42-17)40-15(6)32)44-26-24(41-16(7)33)22(39-14(5)31)20(38-13(4)30)18(43-26)9-36-11(2)28/h17-26,34H,8-9H2,1-7H3/t17-,18-,19+,20+,21+,22+,23-,24-,25+,26+/m1/s1. The third-order valence-corrected chi connectivity index (χ3v) is 5.90. The van der Waals surface area contributed by atoms with E-state index in [0.717, 1.165) is 48.5 Å². The maximum atomic E-state index is 12.2. The predicted molar refractivity (Wildman–Crippen MR) is 135 cm³/mol. The summed E-state index contributed by atoms with van der Waals surface area (Å²) < 4.78 is 54.0. The SMILES string of the molecule is CC(=O)OC[C@H]1O[C@H](O)[C@H](OC(C)=O)[C@@H](O[C@@H]2O[C@H](COC(C)=O)[C@H](OC(C)=O)[C@H](OC(C)=O)[C@H]2OC(C)=O)[C@H]1OC(C)=O. The molecule has 2 saturated heterocycles. The molecule has 0 aliphatic carbocycles. The van der Waals surface area contributed by atoms with Crippen LogP contribution in [0.25, 0.3) is 0 Å². The molecule has 0 spiro atoms. The molecule has 0 saturated carbocycles. The van der Waals surface area contributed by atoms with Gasteiger partial charge in [0, 0.05) is 48.5 Å². The summed E-state index contributed by atoms with van der Waals surface area (Å²) in [6, 6.07) is 0. The van der Waals surface area contributed by atoms with E-state index in [9.17, 15) is 38.7 Å². The third-order valence-electron chi connectivity index (χ3n) is 5.90. The average molecular weight is 637 g/mol. The fourth-order valence-corrected chi connectivity index (χ4v) is 4.49. The first-order valence-corrected chi connectivity index (χ1v) is 13.3. The van der Waals surface area contributed by atoms with Gasteiger partial charge in [-0.05, 0) is 0 Å². The molecule has 248 valence electrons. The molecule has 10 atom stereocenters. The van der Waals surface area contributed by atoms with E-state index in [-0.39, 0.29) is 0 Å². The summed E-state index contributed by atoms with van der Waals surface area (Å²) in [4.78, 5) is 83.5. The van der Waals surface area contributed by atoms with Crippen LogP contribution < -0.4 is 0 Å². The molecule has 0 aromatic heterocycles. The number of carbonyl (C=O) groups excluding carboxylic acids is 7. The highest BCUT2D eigenvalue weighted by molar-refractivity contribution is 5.69. The lowest BCUT2D eigenvalue weighted by molar-refractivity contribution is -0.357. The van der Waals surface area contributed by atoms with Gasteiger partial charge in [-0.3, -0.25) is 33.6 Å². The van der Waals surface area contributed by atoms with Gasteiger partial charge in [-0.25, -0.2) is 0 Å². The molecular formula is C26H36O18. The van der Waals surface area contributed by atoms with Gasteiger partial charge in [0.05, 0.1) is 0 Å². The summed E-state index contributed by atoms with van der Waals surface area (Å²) in [7, 11) is 0. The lowest BCUT2D eigenvalue weighted by Gasteiger charge is -2.48. The van der Waals surface area contributed by atoms with Crippen LogP contribution in [0.1, 0.15) is 48.5 Å². The summed E-state index contributed by atoms with van der Waals surface area (Å²) in [5.41, 5.74) is 0. The van der Waals surface area contributed by atoms with Crippen LogP contribution in [0.4, 0.5) is 0 Å². The number of aliphatic hydroxyl groups excluding tert-OH is 1. The van der Waals surface area contributed by atoms with E-state index < -0.39 is 116 Å². The van der Waals surface area contributed by atoms with Crippen LogP contribution in [0, 0.1) is 0 Å². The van der Waals surface area contributed by atoms with Crippen molar-refractivity contribution in [1.29, 1.82) is 0 Å². The van der Waals surface area contributed by atoms with Gasteiger partial charge >= 0.3 is 41.8 Å². The van der Waals surface area contributed by atoms with Crippen molar-refractivity contribution in [3.05, 3.63) is 0 Å². The number of aliphatic hydroxyl groups is 1. The Bertz CT molecular complexity index is 1090. The fourth-order valence-electron chi connectivity index (χ4n) is 4.49. The van der Waals surface area contributed by atoms with E-state index >= 15 is 0 Å². The molecule has 0 aromatic rings. The number of hydrogen-bond donors (Lipinski definition) is 1. The molecule has 0 bridgehead atoms. The van der Waals surface area contributed by atoms with Crippen molar-refractivity contribution in [1.82, 2.24) is 0 Å². The van der Waals surface area contributed by atoms with Gasteiger partial charge in [-0.1, -0.05) is 0 Å². The maximum Gasteiger partial charge on any atom is 0.303 e. The van der Waals surface area contributed by atoms with Crippen molar-refractivity contribution in [2.45, 2.75) is 110 Å². The van der Waals surface area contributed by atoms with E-state index in [1.165, 1.54) is 0 Å². The second-order valence-corrected chi connectivity index (χ2v) is 9.68. The lowest BCUT2D eigenvalue weighted by atomic mass is 9.96. The van der Waals surface area contributed by atoms with E-state index in [1.807, 2.05) is 0 Å². The molecule has 0 aromatic carbocycles. The minimum atomic E-state index is -1.94. The third kappa shape index (κ3) is 10.7. The van der Waals surface area contributed by atoms with Crippen LogP contribution in [-0.4, -0.2) is 122 Å². The number of carbonyl (C=O) groups is 7. The first-order valence-electron chi connectivity index (χ1n) is 13.3. The fraction of sp³-hybridized carbons (Fsp3) is 0.731. The summed E-state index contributed by atoms with van der Waals surface area (Å²) >= 11 is 0. The van der Waals surface area contributed by atoms with Crippen molar-refractivity contribution < 1.29 is 86.0 Å². The zero-order chi connectivity index (χ0) is 33.3. The van der Waals surface area contributed by atoms with Crippen LogP contribution >= 0.6 is 0 Å². The van der Waals surface area contributed by atoms with Gasteiger partial charge in [0.15, 0.2) is 43.1 Å². The molecule has 2 fully saturated rings. The Morgan fingerprint density at radius 3 is 1.27 bits per heavy atom. The zero-order valence-electron chi connectivity index (χ0n) is 25.1. The van der Waals surface area contributed by atoms with Crippen LogP contribution in [0.3, 0.4) is 0 Å². The summed E-state index contributed by atoms with van der Waals surface area (Å²) in [5, 5.41) is 10.8. The largest absolute Gasteiger partial charge is 0.463 e.